The highest BCUT2D eigenvalue weighted by molar-refractivity contribution is 7.89. The van der Waals surface area contributed by atoms with E-state index in [0.717, 1.165) is 12.8 Å². The summed E-state index contributed by atoms with van der Waals surface area (Å²) in [6.45, 7) is 2.35. The molecule has 1 heterocycles. The minimum atomic E-state index is -3.84. The third-order valence-corrected chi connectivity index (χ3v) is 5.82. The average Bonchev–Trinajstić information content (AvgIpc) is 2.95. The number of nitrogens with zero attached hydrogens (tertiary/aromatic N) is 2. The van der Waals surface area contributed by atoms with Gasteiger partial charge in [-0.25, -0.2) is 8.42 Å². The molecule has 1 unspecified atom stereocenters. The van der Waals surface area contributed by atoms with Crippen molar-refractivity contribution in [1.82, 2.24) is 4.31 Å². The Morgan fingerprint density at radius 1 is 1.48 bits per heavy atom. The van der Waals surface area contributed by atoms with E-state index in [1.54, 1.807) is 7.05 Å². The Morgan fingerprint density at radius 3 is 2.76 bits per heavy atom. The van der Waals surface area contributed by atoms with Crippen LogP contribution in [-0.2, 0) is 10.0 Å². The third kappa shape index (κ3) is 2.86. The summed E-state index contributed by atoms with van der Waals surface area (Å²) in [6.07, 6.45) is 2.31. The predicted molar refractivity (Wildman–Crippen MR) is 79.8 cm³/mol. The van der Waals surface area contributed by atoms with Crippen LogP contribution in [0.3, 0.4) is 0 Å². The van der Waals surface area contributed by atoms with Crippen LogP contribution >= 0.6 is 0 Å². The molecule has 0 aliphatic carbocycles. The highest BCUT2D eigenvalue weighted by Gasteiger charge is 2.38. The summed E-state index contributed by atoms with van der Waals surface area (Å²) in [5.74, 6) is 0. The third-order valence-electron chi connectivity index (χ3n) is 3.83. The average molecular weight is 313 g/mol. The van der Waals surface area contributed by atoms with Crippen molar-refractivity contribution in [1.29, 1.82) is 0 Å². The van der Waals surface area contributed by atoms with Crippen LogP contribution in [0.5, 0.6) is 0 Å². The SMILES string of the molecule is CCC1CCCN1S(=O)(=O)c1ccc(NC)cc1[N+](=O)[O-]. The molecule has 1 saturated heterocycles. The second-order valence-corrected chi connectivity index (χ2v) is 6.87. The molecule has 1 aliphatic rings. The lowest BCUT2D eigenvalue weighted by atomic mass is 10.2. The minimum absolute atomic E-state index is 0.0708. The molecule has 1 aliphatic heterocycles. The number of sulfonamides is 1. The van der Waals surface area contributed by atoms with E-state index in [-0.39, 0.29) is 16.6 Å². The van der Waals surface area contributed by atoms with Gasteiger partial charge in [-0.15, -0.1) is 0 Å². The number of benzene rings is 1. The number of anilines is 1. The van der Waals surface area contributed by atoms with Crippen molar-refractivity contribution >= 4 is 21.4 Å². The Hall–Kier alpha value is -1.67. The highest BCUT2D eigenvalue weighted by Crippen LogP contribution is 2.33. The number of rotatable bonds is 5. The molecule has 7 nitrogen and oxygen atoms in total. The number of nitro groups is 1. The van der Waals surface area contributed by atoms with Crippen LogP contribution < -0.4 is 5.32 Å². The maximum absolute atomic E-state index is 12.7. The van der Waals surface area contributed by atoms with Gasteiger partial charge in [0.1, 0.15) is 0 Å². The van der Waals surface area contributed by atoms with Crippen LogP contribution in [0, 0.1) is 10.1 Å². The molecule has 2 rings (SSSR count). The molecule has 0 aromatic heterocycles. The van der Waals surface area contributed by atoms with Crippen LogP contribution in [0.25, 0.3) is 0 Å². The summed E-state index contributed by atoms with van der Waals surface area (Å²) >= 11 is 0. The van der Waals surface area contributed by atoms with Gasteiger partial charge in [-0.2, -0.15) is 4.31 Å². The molecular formula is C13H19N3O4S. The normalized spacial score (nSPS) is 19.6. The zero-order chi connectivity index (χ0) is 15.6. The fourth-order valence-corrected chi connectivity index (χ4v) is 4.60. The maximum atomic E-state index is 12.7. The highest BCUT2D eigenvalue weighted by atomic mass is 32.2. The van der Waals surface area contributed by atoms with E-state index in [4.69, 9.17) is 0 Å². The Bertz CT molecular complexity index is 645. The van der Waals surface area contributed by atoms with Gasteiger partial charge in [-0.1, -0.05) is 6.92 Å². The molecule has 1 aromatic rings. The van der Waals surface area contributed by atoms with Crippen molar-refractivity contribution in [3.05, 3.63) is 28.3 Å². The van der Waals surface area contributed by atoms with Gasteiger partial charge in [0.05, 0.1) is 4.92 Å². The van der Waals surface area contributed by atoms with Gasteiger partial charge in [-0.05, 0) is 31.4 Å². The first-order valence-corrected chi connectivity index (χ1v) is 8.33. The predicted octanol–water partition coefficient (Wildman–Crippen LogP) is 2.20. The van der Waals surface area contributed by atoms with Gasteiger partial charge in [0, 0.05) is 31.4 Å². The van der Waals surface area contributed by atoms with Crippen LogP contribution in [0.4, 0.5) is 11.4 Å². The summed E-state index contributed by atoms with van der Waals surface area (Å²) in [7, 11) is -2.21. The van der Waals surface area contributed by atoms with Crippen LogP contribution in [0.15, 0.2) is 23.1 Å². The van der Waals surface area contributed by atoms with E-state index >= 15 is 0 Å². The van der Waals surface area contributed by atoms with Crippen molar-refractivity contribution in [2.75, 3.05) is 18.9 Å². The Labute approximate surface area is 124 Å². The first-order valence-electron chi connectivity index (χ1n) is 6.89. The van der Waals surface area contributed by atoms with Crippen molar-refractivity contribution < 1.29 is 13.3 Å². The molecule has 0 bridgehead atoms. The number of hydrogen-bond acceptors (Lipinski definition) is 5. The van der Waals surface area contributed by atoms with Crippen LogP contribution in [0.1, 0.15) is 26.2 Å². The number of nitro benzene ring substituents is 1. The molecule has 1 aromatic carbocycles. The molecule has 0 saturated carbocycles. The molecule has 0 amide bonds. The summed E-state index contributed by atoms with van der Waals surface area (Å²) < 4.78 is 26.9. The zero-order valence-corrected chi connectivity index (χ0v) is 12.9. The lowest BCUT2D eigenvalue weighted by Crippen LogP contribution is -2.35. The van der Waals surface area contributed by atoms with Gasteiger partial charge in [0.15, 0.2) is 4.90 Å². The number of hydrogen-bond donors (Lipinski definition) is 1. The van der Waals surface area contributed by atoms with Crippen LogP contribution in [-0.4, -0.2) is 37.3 Å². The molecule has 1 N–H and O–H groups in total. The van der Waals surface area contributed by atoms with Crippen molar-refractivity contribution in [2.45, 2.75) is 37.1 Å². The second kappa shape index (κ2) is 5.98. The Morgan fingerprint density at radius 2 is 2.19 bits per heavy atom. The Kier molecular flexibility index (Phi) is 4.48. The molecular weight excluding hydrogens is 294 g/mol. The maximum Gasteiger partial charge on any atom is 0.291 e. The molecule has 1 atom stereocenters. The van der Waals surface area contributed by atoms with E-state index in [9.17, 15) is 18.5 Å². The quantitative estimate of drug-likeness (QED) is 0.664. The topological polar surface area (TPSA) is 92.6 Å². The minimum Gasteiger partial charge on any atom is -0.388 e. The molecule has 8 heteroatoms. The molecule has 0 spiro atoms. The van der Waals surface area contributed by atoms with Crippen molar-refractivity contribution in [3.8, 4) is 0 Å². The van der Waals surface area contributed by atoms with Crippen molar-refractivity contribution in [3.63, 3.8) is 0 Å². The largest absolute Gasteiger partial charge is 0.388 e. The first kappa shape index (κ1) is 15.7. The summed E-state index contributed by atoms with van der Waals surface area (Å²) in [5.41, 5.74) is 0.123. The van der Waals surface area contributed by atoms with Gasteiger partial charge < -0.3 is 5.32 Å². The standard InChI is InChI=1S/C13H19N3O4S/c1-3-11-5-4-8-15(11)21(19,20)13-7-6-10(14-2)9-12(13)16(17)18/h6-7,9,11,14H,3-5,8H2,1-2H3. The van der Waals surface area contributed by atoms with E-state index in [1.807, 2.05) is 6.92 Å². The van der Waals surface area contributed by atoms with E-state index in [0.29, 0.717) is 18.7 Å². The fourth-order valence-electron chi connectivity index (χ4n) is 2.69. The fraction of sp³-hybridized carbons (Fsp3) is 0.538. The number of nitrogens with one attached hydrogen (secondary N) is 1. The lowest BCUT2D eigenvalue weighted by Gasteiger charge is -2.22. The van der Waals surface area contributed by atoms with E-state index in [2.05, 4.69) is 5.32 Å². The molecule has 0 radical (unpaired) electrons. The lowest BCUT2D eigenvalue weighted by molar-refractivity contribution is -0.387. The van der Waals surface area contributed by atoms with Gasteiger partial charge in [-0.3, -0.25) is 10.1 Å². The van der Waals surface area contributed by atoms with Gasteiger partial charge in [0.2, 0.25) is 10.0 Å². The zero-order valence-electron chi connectivity index (χ0n) is 12.1. The summed E-state index contributed by atoms with van der Waals surface area (Å²) in [4.78, 5) is 10.3. The monoisotopic (exact) mass is 313 g/mol. The van der Waals surface area contributed by atoms with E-state index < -0.39 is 14.9 Å². The summed E-state index contributed by atoms with van der Waals surface area (Å²) in [5, 5.41) is 14.0. The van der Waals surface area contributed by atoms with Gasteiger partial charge >= 0.3 is 0 Å². The molecule has 116 valence electrons. The summed E-state index contributed by atoms with van der Waals surface area (Å²) in [6, 6.07) is 4.03. The molecule has 1 fully saturated rings. The van der Waals surface area contributed by atoms with Gasteiger partial charge in [0.25, 0.3) is 5.69 Å². The first-order chi connectivity index (χ1) is 9.91. The van der Waals surface area contributed by atoms with Crippen molar-refractivity contribution in [2.24, 2.45) is 0 Å². The molecule has 21 heavy (non-hydrogen) atoms. The van der Waals surface area contributed by atoms with Crippen LogP contribution in [0.2, 0.25) is 0 Å². The Balaban J connectivity index is 2.52. The van der Waals surface area contributed by atoms with E-state index in [1.165, 1.54) is 22.5 Å². The smallest absolute Gasteiger partial charge is 0.291 e. The second-order valence-electron chi connectivity index (χ2n) is 5.01.